The van der Waals surface area contributed by atoms with Crippen LogP contribution in [0.2, 0.25) is 0 Å². The van der Waals surface area contributed by atoms with Gasteiger partial charge in [0.2, 0.25) is 0 Å². The topological polar surface area (TPSA) is 0 Å². The van der Waals surface area contributed by atoms with Gasteiger partial charge in [-0.2, -0.15) is 13.2 Å². The second kappa shape index (κ2) is 3.24. The number of hydrogen-bond acceptors (Lipinski definition) is 1. The Morgan fingerprint density at radius 3 is 2.57 bits per heavy atom. The molecule has 14 heavy (non-hydrogen) atoms. The fraction of sp³-hybridized carbons (Fsp3) is 0.111. The van der Waals surface area contributed by atoms with Crippen LogP contribution in [0.1, 0.15) is 5.56 Å². The molecule has 0 radical (unpaired) electrons. The molecule has 0 fully saturated rings. The van der Waals surface area contributed by atoms with Crippen LogP contribution in [0.3, 0.4) is 0 Å². The maximum Gasteiger partial charge on any atom is 0.416 e. The minimum Gasteiger partial charge on any atom is -0.166 e. The van der Waals surface area contributed by atoms with Crippen molar-refractivity contribution in [3.63, 3.8) is 0 Å². The Bertz CT molecular complexity index is 472. The van der Waals surface area contributed by atoms with Gasteiger partial charge in [-0.3, -0.25) is 0 Å². The number of alkyl halides is 3. The van der Waals surface area contributed by atoms with E-state index in [2.05, 4.69) is 15.9 Å². The molecule has 0 bridgehead atoms. The van der Waals surface area contributed by atoms with E-state index in [1.165, 1.54) is 11.3 Å². The normalized spacial score (nSPS) is 12.3. The summed E-state index contributed by atoms with van der Waals surface area (Å²) in [5.74, 6) is 0. The van der Waals surface area contributed by atoms with Gasteiger partial charge >= 0.3 is 6.18 Å². The van der Waals surface area contributed by atoms with Crippen LogP contribution in [0.25, 0.3) is 10.1 Å². The summed E-state index contributed by atoms with van der Waals surface area (Å²) in [5, 5.41) is 2.40. The Hall–Kier alpha value is -0.550. The second-order valence-corrected chi connectivity index (χ2v) is 4.57. The highest BCUT2D eigenvalue weighted by molar-refractivity contribution is 9.10. The van der Waals surface area contributed by atoms with Crippen LogP contribution in [-0.2, 0) is 6.18 Å². The first-order valence-electron chi connectivity index (χ1n) is 3.72. The lowest BCUT2D eigenvalue weighted by Gasteiger charge is -2.07. The number of hydrogen-bond donors (Lipinski definition) is 0. The maximum atomic E-state index is 12.4. The maximum absolute atomic E-state index is 12.4. The molecule has 0 atom stereocenters. The van der Waals surface area contributed by atoms with Crippen molar-refractivity contribution < 1.29 is 13.2 Å². The Morgan fingerprint density at radius 2 is 1.93 bits per heavy atom. The number of rotatable bonds is 0. The molecular weight excluding hydrogens is 277 g/mol. The zero-order valence-electron chi connectivity index (χ0n) is 6.73. The third-order valence-electron chi connectivity index (χ3n) is 1.83. The molecule has 0 N–H and O–H groups in total. The molecule has 0 aliphatic rings. The van der Waals surface area contributed by atoms with E-state index in [-0.39, 0.29) is 0 Å². The average Bonchev–Trinajstić information content (AvgIpc) is 2.50. The molecule has 0 saturated carbocycles. The van der Waals surface area contributed by atoms with Crippen LogP contribution in [0, 0.1) is 0 Å². The van der Waals surface area contributed by atoms with Crippen molar-refractivity contribution in [2.45, 2.75) is 6.18 Å². The summed E-state index contributed by atoms with van der Waals surface area (Å²) in [5.41, 5.74) is -0.615. The van der Waals surface area contributed by atoms with Crippen LogP contribution < -0.4 is 0 Å². The molecule has 2 rings (SSSR count). The van der Waals surface area contributed by atoms with Crippen LogP contribution >= 0.6 is 27.3 Å². The Balaban J connectivity index is 2.70. The zero-order chi connectivity index (χ0) is 10.3. The quantitative estimate of drug-likeness (QED) is 0.657. The minimum atomic E-state index is -4.28. The van der Waals surface area contributed by atoms with Gasteiger partial charge < -0.3 is 0 Å². The summed E-state index contributed by atoms with van der Waals surface area (Å²) >= 11 is 4.55. The highest BCUT2D eigenvalue weighted by Gasteiger charge is 2.31. The van der Waals surface area contributed by atoms with Gasteiger partial charge in [0.25, 0.3) is 0 Å². The van der Waals surface area contributed by atoms with Gasteiger partial charge in [0, 0.05) is 9.17 Å². The Labute approximate surface area is 90.5 Å². The largest absolute Gasteiger partial charge is 0.416 e. The molecule has 1 heterocycles. The minimum absolute atomic E-state index is 0.498. The number of halogens is 4. The summed E-state index contributed by atoms with van der Waals surface area (Å²) in [7, 11) is 0. The summed E-state index contributed by atoms with van der Waals surface area (Å²) in [6.07, 6.45) is -4.28. The summed E-state index contributed by atoms with van der Waals surface area (Å²) in [6, 6.07) is 3.95. The molecule has 2 aromatic rings. The predicted octanol–water partition coefficient (Wildman–Crippen LogP) is 4.68. The fourth-order valence-electron chi connectivity index (χ4n) is 1.20. The Morgan fingerprint density at radius 1 is 1.21 bits per heavy atom. The smallest absolute Gasteiger partial charge is 0.166 e. The van der Waals surface area contributed by atoms with Crippen LogP contribution in [-0.4, -0.2) is 0 Å². The first-order valence-corrected chi connectivity index (χ1v) is 5.40. The van der Waals surface area contributed by atoms with Gasteiger partial charge in [-0.15, -0.1) is 11.3 Å². The van der Waals surface area contributed by atoms with E-state index >= 15 is 0 Å². The number of benzene rings is 1. The molecular formula is C9H4BrF3S. The van der Waals surface area contributed by atoms with Crippen LogP contribution in [0.4, 0.5) is 13.2 Å². The van der Waals surface area contributed by atoms with E-state index in [0.717, 1.165) is 16.8 Å². The van der Waals surface area contributed by atoms with Gasteiger partial charge in [0.15, 0.2) is 0 Å². The average molecular weight is 281 g/mol. The van der Waals surface area contributed by atoms with Crippen molar-refractivity contribution in [3.8, 4) is 0 Å². The van der Waals surface area contributed by atoms with Crippen molar-refractivity contribution in [1.82, 2.24) is 0 Å². The molecule has 0 aliphatic carbocycles. The first kappa shape index (κ1) is 9.98. The summed E-state index contributed by atoms with van der Waals surface area (Å²) in [4.78, 5) is 0. The SMILES string of the molecule is FC(F)(F)c1cc(Br)c2sccc2c1. The molecule has 5 heteroatoms. The van der Waals surface area contributed by atoms with E-state index in [0.29, 0.717) is 9.86 Å². The van der Waals surface area contributed by atoms with Gasteiger partial charge in [-0.1, -0.05) is 0 Å². The molecule has 0 spiro atoms. The standard InChI is InChI=1S/C9H4BrF3S/c10-7-4-6(9(11,12)13)3-5-1-2-14-8(5)7/h1-4H. The van der Waals surface area contributed by atoms with Gasteiger partial charge in [-0.25, -0.2) is 0 Å². The number of thiophene rings is 1. The fourth-order valence-corrected chi connectivity index (χ4v) is 2.74. The van der Waals surface area contributed by atoms with E-state index in [4.69, 9.17) is 0 Å². The van der Waals surface area contributed by atoms with Gasteiger partial charge in [-0.05, 0) is 44.9 Å². The van der Waals surface area contributed by atoms with E-state index < -0.39 is 11.7 Å². The number of fused-ring (bicyclic) bond motifs is 1. The second-order valence-electron chi connectivity index (χ2n) is 2.79. The zero-order valence-corrected chi connectivity index (χ0v) is 9.13. The lowest BCUT2D eigenvalue weighted by molar-refractivity contribution is -0.137. The highest BCUT2D eigenvalue weighted by atomic mass is 79.9. The van der Waals surface area contributed by atoms with Gasteiger partial charge in [0.05, 0.1) is 5.56 Å². The highest BCUT2D eigenvalue weighted by Crippen LogP contribution is 2.37. The van der Waals surface area contributed by atoms with Crippen LogP contribution in [0.5, 0.6) is 0 Å². The molecule has 1 aromatic carbocycles. The van der Waals surface area contributed by atoms with E-state index in [9.17, 15) is 13.2 Å². The third kappa shape index (κ3) is 1.66. The van der Waals surface area contributed by atoms with Crippen molar-refractivity contribution in [2.24, 2.45) is 0 Å². The lowest BCUT2D eigenvalue weighted by Crippen LogP contribution is -2.04. The van der Waals surface area contributed by atoms with Crippen molar-refractivity contribution in [2.75, 3.05) is 0 Å². The molecule has 0 saturated heterocycles. The molecule has 0 unspecified atom stereocenters. The summed E-state index contributed by atoms with van der Waals surface area (Å²) < 4.78 is 38.5. The van der Waals surface area contributed by atoms with Crippen LogP contribution in [0.15, 0.2) is 28.1 Å². The molecule has 0 aliphatic heterocycles. The molecule has 74 valence electrons. The van der Waals surface area contributed by atoms with Gasteiger partial charge in [0.1, 0.15) is 0 Å². The van der Waals surface area contributed by atoms with Crippen molar-refractivity contribution >= 4 is 37.4 Å². The van der Waals surface area contributed by atoms with Crippen molar-refractivity contribution in [3.05, 3.63) is 33.6 Å². The lowest BCUT2D eigenvalue weighted by atomic mass is 10.1. The molecule has 1 aromatic heterocycles. The Kier molecular flexibility index (Phi) is 2.31. The monoisotopic (exact) mass is 280 g/mol. The first-order chi connectivity index (χ1) is 6.48. The van der Waals surface area contributed by atoms with E-state index in [1.807, 2.05) is 0 Å². The molecule has 0 nitrogen and oxygen atoms in total. The molecule has 0 amide bonds. The van der Waals surface area contributed by atoms with Crippen molar-refractivity contribution in [1.29, 1.82) is 0 Å². The summed E-state index contributed by atoms with van der Waals surface area (Å²) in [6.45, 7) is 0. The third-order valence-corrected chi connectivity index (χ3v) is 3.68. The van der Waals surface area contributed by atoms with E-state index in [1.54, 1.807) is 11.4 Å². The predicted molar refractivity (Wildman–Crippen MR) is 54.5 cm³/mol.